The molecule has 3 aromatic carbocycles. The summed E-state index contributed by atoms with van der Waals surface area (Å²) < 4.78 is 1.78. The van der Waals surface area contributed by atoms with Crippen LogP contribution < -0.4 is 10.6 Å². The number of benzene rings is 3. The van der Waals surface area contributed by atoms with Crippen molar-refractivity contribution < 1.29 is 9.59 Å². The molecule has 0 saturated heterocycles. The molecule has 0 unspecified atom stereocenters. The van der Waals surface area contributed by atoms with Gasteiger partial charge < -0.3 is 10.6 Å². The van der Waals surface area contributed by atoms with Crippen molar-refractivity contribution in [3.63, 3.8) is 0 Å². The van der Waals surface area contributed by atoms with Crippen molar-refractivity contribution in [2.75, 3.05) is 16.4 Å². The van der Waals surface area contributed by atoms with Crippen LogP contribution in [0.5, 0.6) is 0 Å². The molecule has 7 heteroatoms. The molecule has 1 aromatic heterocycles. The predicted octanol–water partition coefficient (Wildman–Crippen LogP) is 5.59. The Hall–Kier alpha value is -3.16. The number of carbonyl (C=O) groups excluding carboxylic acids is 2. The zero-order valence-electron chi connectivity index (χ0n) is 16.2. The Bertz CT molecular complexity index is 1210. The minimum atomic E-state index is -0.135. The fraction of sp³-hybridized carbons (Fsp3) is 0.0870. The summed E-state index contributed by atoms with van der Waals surface area (Å²) in [5.41, 5.74) is 3.93. The summed E-state index contributed by atoms with van der Waals surface area (Å²) >= 11 is 2.91. The number of hydrogen-bond acceptors (Lipinski definition) is 5. The molecule has 5 nitrogen and oxygen atoms in total. The lowest BCUT2D eigenvalue weighted by atomic mass is 10.1. The molecule has 0 aliphatic rings. The summed E-state index contributed by atoms with van der Waals surface area (Å²) in [7, 11) is 0. The number of aryl methyl sites for hydroxylation is 1. The number of nitrogens with one attached hydrogen (secondary N) is 2. The Morgan fingerprint density at radius 1 is 0.933 bits per heavy atom. The number of nitrogens with zero attached hydrogens (tertiary/aromatic N) is 1. The van der Waals surface area contributed by atoms with E-state index in [-0.39, 0.29) is 17.6 Å². The number of hydrogen-bond donors (Lipinski definition) is 2. The van der Waals surface area contributed by atoms with E-state index in [0.717, 1.165) is 31.5 Å². The summed E-state index contributed by atoms with van der Waals surface area (Å²) in [4.78, 5) is 29.2. The van der Waals surface area contributed by atoms with E-state index in [1.54, 1.807) is 0 Å². The van der Waals surface area contributed by atoms with Crippen molar-refractivity contribution >= 4 is 56.5 Å². The van der Waals surface area contributed by atoms with Gasteiger partial charge in [-0.2, -0.15) is 0 Å². The highest BCUT2D eigenvalue weighted by molar-refractivity contribution is 8.01. The zero-order valence-corrected chi connectivity index (χ0v) is 17.8. The van der Waals surface area contributed by atoms with Crippen molar-refractivity contribution in [3.05, 3.63) is 83.9 Å². The van der Waals surface area contributed by atoms with Gasteiger partial charge in [-0.1, -0.05) is 48.2 Å². The lowest BCUT2D eigenvalue weighted by Crippen LogP contribution is -2.13. The van der Waals surface area contributed by atoms with Crippen LogP contribution in [0.3, 0.4) is 0 Å². The number of para-hydroxylation sites is 1. The second-order valence-electron chi connectivity index (χ2n) is 6.63. The average Bonchev–Trinajstić information content (AvgIpc) is 3.15. The minimum Gasteiger partial charge on any atom is -0.325 e. The number of thioether (sulfide) groups is 1. The number of anilines is 2. The first-order valence-electron chi connectivity index (χ1n) is 9.34. The van der Waals surface area contributed by atoms with E-state index in [1.807, 2.05) is 79.7 Å². The number of amides is 2. The molecule has 1 heterocycles. The number of thiazole rings is 1. The third-order valence-corrected chi connectivity index (χ3v) is 6.56. The molecule has 2 N–H and O–H groups in total. The maximum absolute atomic E-state index is 12.5. The fourth-order valence-corrected chi connectivity index (χ4v) is 4.82. The maximum atomic E-state index is 12.5. The Balaban J connectivity index is 1.40. The quantitative estimate of drug-likeness (QED) is 0.389. The highest BCUT2D eigenvalue weighted by Gasteiger charge is 2.11. The number of rotatable bonds is 6. The van der Waals surface area contributed by atoms with E-state index in [0.29, 0.717) is 5.56 Å². The molecule has 150 valence electrons. The molecule has 0 radical (unpaired) electrons. The topological polar surface area (TPSA) is 71.1 Å². The summed E-state index contributed by atoms with van der Waals surface area (Å²) in [6.07, 6.45) is 0. The predicted molar refractivity (Wildman–Crippen MR) is 125 cm³/mol. The van der Waals surface area contributed by atoms with Gasteiger partial charge in [0.25, 0.3) is 5.91 Å². The van der Waals surface area contributed by atoms with Gasteiger partial charge in [-0.05, 0) is 48.9 Å². The van der Waals surface area contributed by atoms with E-state index in [4.69, 9.17) is 0 Å². The number of aromatic nitrogens is 1. The molecular formula is C23H19N3O2S2. The lowest BCUT2D eigenvalue weighted by Gasteiger charge is -2.07. The van der Waals surface area contributed by atoms with E-state index in [1.165, 1.54) is 23.1 Å². The van der Waals surface area contributed by atoms with Crippen molar-refractivity contribution in [3.8, 4) is 0 Å². The molecule has 0 spiro atoms. The smallest absolute Gasteiger partial charge is 0.255 e. The van der Waals surface area contributed by atoms with Crippen LogP contribution in [-0.2, 0) is 4.79 Å². The molecule has 0 bridgehead atoms. The van der Waals surface area contributed by atoms with Crippen LogP contribution in [0.15, 0.2) is 77.1 Å². The molecule has 2 amide bonds. The molecule has 0 aliphatic heterocycles. The van der Waals surface area contributed by atoms with Gasteiger partial charge in [0.2, 0.25) is 5.91 Å². The molecule has 0 fully saturated rings. The fourth-order valence-electron chi connectivity index (χ4n) is 2.91. The van der Waals surface area contributed by atoms with Gasteiger partial charge in [0.1, 0.15) is 0 Å². The van der Waals surface area contributed by atoms with Gasteiger partial charge in [-0.3, -0.25) is 9.59 Å². The molecule has 0 saturated carbocycles. The van der Waals surface area contributed by atoms with Gasteiger partial charge in [-0.15, -0.1) is 11.3 Å². The highest BCUT2D eigenvalue weighted by atomic mass is 32.2. The zero-order chi connectivity index (χ0) is 20.9. The number of fused-ring (bicyclic) bond motifs is 1. The monoisotopic (exact) mass is 433 g/mol. The molecule has 0 aliphatic carbocycles. The first-order chi connectivity index (χ1) is 14.6. The van der Waals surface area contributed by atoms with Crippen LogP contribution >= 0.6 is 23.1 Å². The van der Waals surface area contributed by atoms with Crippen molar-refractivity contribution in [2.45, 2.75) is 11.3 Å². The molecule has 30 heavy (non-hydrogen) atoms. The first-order valence-corrected chi connectivity index (χ1v) is 11.1. The van der Waals surface area contributed by atoms with Gasteiger partial charge in [0, 0.05) is 16.9 Å². The van der Waals surface area contributed by atoms with Crippen LogP contribution in [0, 0.1) is 6.92 Å². The minimum absolute atomic E-state index is 0.0726. The van der Waals surface area contributed by atoms with Crippen LogP contribution in [0.2, 0.25) is 0 Å². The summed E-state index contributed by atoms with van der Waals surface area (Å²) in [6, 6.07) is 22.5. The average molecular weight is 434 g/mol. The molecular weight excluding hydrogens is 414 g/mol. The Morgan fingerprint density at radius 2 is 1.70 bits per heavy atom. The number of carbonyl (C=O) groups is 2. The Morgan fingerprint density at radius 3 is 2.50 bits per heavy atom. The van der Waals surface area contributed by atoms with Gasteiger partial charge in [0.05, 0.1) is 16.0 Å². The Labute approximate surface area is 182 Å². The van der Waals surface area contributed by atoms with Crippen molar-refractivity contribution in [1.82, 2.24) is 4.98 Å². The second kappa shape index (κ2) is 9.11. The first kappa shape index (κ1) is 20.1. The standard InChI is InChI=1S/C23H19N3O2S2/c1-15-7-5-6-10-18(15)22(28)25-17-11-12-19-20(13-17)30-23(26-19)29-14-21(27)24-16-8-3-2-4-9-16/h2-13H,14H2,1H3,(H,24,27)(H,25,28). The van der Waals surface area contributed by atoms with Crippen LogP contribution in [0.4, 0.5) is 11.4 Å². The van der Waals surface area contributed by atoms with Crippen molar-refractivity contribution in [1.29, 1.82) is 0 Å². The van der Waals surface area contributed by atoms with E-state index in [9.17, 15) is 9.59 Å². The Kier molecular flexibility index (Phi) is 6.11. The third-order valence-electron chi connectivity index (χ3n) is 4.40. The SMILES string of the molecule is Cc1ccccc1C(=O)Nc1ccc2nc(SCC(=O)Nc3ccccc3)sc2c1. The molecule has 4 rings (SSSR count). The van der Waals surface area contributed by atoms with E-state index >= 15 is 0 Å². The summed E-state index contributed by atoms with van der Waals surface area (Å²) in [5, 5.41) is 5.81. The highest BCUT2D eigenvalue weighted by Crippen LogP contribution is 2.31. The molecule has 0 atom stereocenters. The molecule has 4 aromatic rings. The van der Waals surface area contributed by atoms with Crippen LogP contribution in [0.25, 0.3) is 10.2 Å². The van der Waals surface area contributed by atoms with Crippen molar-refractivity contribution in [2.24, 2.45) is 0 Å². The van der Waals surface area contributed by atoms with Gasteiger partial charge in [0.15, 0.2) is 4.34 Å². The lowest BCUT2D eigenvalue weighted by molar-refractivity contribution is -0.113. The third kappa shape index (κ3) is 4.87. The van der Waals surface area contributed by atoms with Crippen LogP contribution in [0.1, 0.15) is 15.9 Å². The van der Waals surface area contributed by atoms with E-state index < -0.39 is 0 Å². The maximum Gasteiger partial charge on any atom is 0.255 e. The van der Waals surface area contributed by atoms with E-state index in [2.05, 4.69) is 15.6 Å². The summed E-state index contributed by atoms with van der Waals surface area (Å²) in [6.45, 7) is 1.92. The van der Waals surface area contributed by atoms with Gasteiger partial charge in [-0.25, -0.2) is 4.98 Å². The largest absolute Gasteiger partial charge is 0.325 e. The summed E-state index contributed by atoms with van der Waals surface area (Å²) in [5.74, 6) is 0.0757. The normalized spacial score (nSPS) is 10.7. The van der Waals surface area contributed by atoms with Crippen LogP contribution in [-0.4, -0.2) is 22.6 Å². The van der Waals surface area contributed by atoms with Gasteiger partial charge >= 0.3 is 0 Å². The second-order valence-corrected chi connectivity index (χ2v) is 8.89.